The molecule has 402 valence electrons. The first-order valence-electron chi connectivity index (χ1n) is 26.6. The van der Waals surface area contributed by atoms with Gasteiger partial charge in [0.25, 0.3) is 0 Å². The van der Waals surface area contributed by atoms with Crippen molar-refractivity contribution in [2.75, 3.05) is 0 Å². The number of allylic oxidation sites excluding steroid dienone is 6. The summed E-state index contributed by atoms with van der Waals surface area (Å²) in [5, 5.41) is 4.08. The minimum atomic E-state index is -0.901. The van der Waals surface area contributed by atoms with Gasteiger partial charge < -0.3 is 9.40 Å². The Labute approximate surface area is 448 Å². The fraction of sp³-hybridized carbons (Fsp3) is 0.541. The van der Waals surface area contributed by atoms with Crippen LogP contribution in [-0.2, 0) is 0 Å². The molecule has 0 saturated carbocycles. The number of nitrogens with one attached hydrogen (secondary N) is 1. The van der Waals surface area contributed by atoms with E-state index < -0.39 is 8.07 Å². The Balaban J connectivity index is -0.0000000376. The van der Waals surface area contributed by atoms with Crippen LogP contribution in [0.4, 0.5) is 0 Å². The topological polar surface area (TPSA) is 28.9 Å². The second kappa shape index (κ2) is 137. The van der Waals surface area contributed by atoms with Crippen molar-refractivity contribution in [3.8, 4) is 0 Å². The molecule has 1 aliphatic carbocycles. The van der Waals surface area contributed by atoms with Gasteiger partial charge in [0, 0.05) is 17.8 Å². The Morgan fingerprint density at radius 3 is 0.836 bits per heavy atom. The summed E-state index contributed by atoms with van der Waals surface area (Å²) in [4.78, 5) is 7.24. The SMILES string of the molecule is CC.CC.CC.CC.CC.CC.CC.CC.CC.CC.CC.CC.CC.CC.CC1(C)C=CC=C1.C[Si]1(C)C=CC=C1.c1cc[nH]c1.c1cc[se]c1.c1cc[te]c1.c1ccoc1.c1ccsc1. The van der Waals surface area contributed by atoms with Crippen molar-refractivity contribution in [2.45, 2.75) is 221 Å². The largest absolute Gasteiger partial charge is 0.473 e. The molecule has 0 bridgehead atoms. The van der Waals surface area contributed by atoms with Crippen LogP contribution in [0.3, 0.4) is 0 Å². The predicted molar refractivity (Wildman–Crippen MR) is 337 cm³/mol. The molecule has 0 spiro atoms. The average molecular weight is 1160 g/mol. The third kappa shape index (κ3) is 146. The molecule has 6 heterocycles. The summed E-state index contributed by atoms with van der Waals surface area (Å²) < 4.78 is 9.09. The van der Waals surface area contributed by atoms with Crippen molar-refractivity contribution in [1.82, 2.24) is 4.98 Å². The van der Waals surface area contributed by atoms with Gasteiger partial charge in [-0.2, -0.15) is 11.3 Å². The van der Waals surface area contributed by atoms with Gasteiger partial charge in [0.15, 0.2) is 0 Å². The van der Waals surface area contributed by atoms with E-state index in [4.69, 9.17) is 0 Å². The van der Waals surface area contributed by atoms with Crippen LogP contribution in [0.1, 0.15) is 208 Å². The number of aromatic amines is 1. The molecule has 0 unspecified atom stereocenters. The molecule has 0 radical (unpaired) electrons. The zero-order valence-electron chi connectivity index (χ0n) is 51.3. The van der Waals surface area contributed by atoms with Gasteiger partial charge in [-0.05, 0) is 35.0 Å². The Morgan fingerprint density at radius 2 is 0.731 bits per heavy atom. The van der Waals surface area contributed by atoms with Crippen LogP contribution in [0.2, 0.25) is 13.1 Å². The first-order valence-corrected chi connectivity index (χ1v) is 35.4. The van der Waals surface area contributed by atoms with Gasteiger partial charge in [0.2, 0.25) is 0 Å². The number of hydrogen-bond donors (Lipinski definition) is 1. The zero-order chi connectivity index (χ0) is 56.3. The zero-order valence-corrected chi connectivity index (χ0v) is 57.2. The van der Waals surface area contributed by atoms with Crippen LogP contribution in [-0.4, -0.2) is 48.0 Å². The third-order valence-electron chi connectivity index (χ3n) is 4.52. The summed E-state index contributed by atoms with van der Waals surface area (Å²) in [7, 11) is -0.901. The molecule has 0 atom stereocenters. The standard InChI is InChI=1S/C7H10.C6H10Si.C4H5N.C4H4O.C4H4S.C4H4Se.C4H4Te.14C2H6/c2*1-7(2)5-3-4-6-7;5*1-2-4-5-3-1;14*1-2/h2*3-6H,1-2H3;1-5H;4*1-4H;14*1-2H3. The monoisotopic (exact) mass is 1160 g/mol. The molecule has 2 nitrogen and oxygen atoms in total. The van der Waals surface area contributed by atoms with Crippen molar-refractivity contribution in [3.63, 3.8) is 0 Å². The van der Waals surface area contributed by atoms with Crippen LogP contribution in [0.25, 0.3) is 0 Å². The molecule has 5 aromatic rings. The summed E-state index contributed by atoms with van der Waals surface area (Å²) in [6.45, 7) is 65.0. The molecule has 7 rings (SSSR count). The molecule has 5 aromatic heterocycles. The third-order valence-corrected chi connectivity index (χ3v) is 10.4. The maximum Gasteiger partial charge on any atom is 0.0902 e. The van der Waals surface area contributed by atoms with E-state index in [9.17, 15) is 0 Å². The second-order valence-electron chi connectivity index (χ2n) is 9.14. The van der Waals surface area contributed by atoms with Crippen LogP contribution in [0.15, 0.2) is 167 Å². The van der Waals surface area contributed by atoms with Crippen LogP contribution >= 0.6 is 11.3 Å². The minimum absolute atomic E-state index is 0.243. The Hall–Kier alpha value is -2.29. The molecular formula is C61H125NOSSeSiTe. The quantitative estimate of drug-likeness (QED) is 0.154. The van der Waals surface area contributed by atoms with Crippen molar-refractivity contribution >= 4 is 54.3 Å². The van der Waals surface area contributed by atoms with Gasteiger partial charge >= 0.3 is 77.2 Å². The summed E-state index contributed by atoms with van der Waals surface area (Å²) in [5.74, 6) is 0. The van der Waals surface area contributed by atoms with Gasteiger partial charge in [-0.25, -0.2) is 0 Å². The van der Waals surface area contributed by atoms with E-state index in [2.05, 4.69) is 127 Å². The van der Waals surface area contributed by atoms with E-state index in [0.717, 1.165) is 0 Å². The maximum atomic E-state index is 4.58. The molecule has 0 fully saturated rings. The summed E-state index contributed by atoms with van der Waals surface area (Å²) in [5.41, 5.74) is 4.99. The summed E-state index contributed by atoms with van der Waals surface area (Å²) in [6.07, 6.45) is 19.8. The molecule has 1 aliphatic heterocycles. The van der Waals surface area contributed by atoms with Gasteiger partial charge in [-0.1, -0.05) is 281 Å². The van der Waals surface area contributed by atoms with E-state index in [1.807, 2.05) is 253 Å². The number of aromatic nitrogens is 1. The van der Waals surface area contributed by atoms with Crippen molar-refractivity contribution < 1.29 is 4.42 Å². The molecule has 0 aromatic carbocycles. The number of furan rings is 1. The van der Waals surface area contributed by atoms with E-state index in [1.165, 1.54) is 0 Å². The number of thiophene rings is 1. The van der Waals surface area contributed by atoms with Gasteiger partial charge in [0.1, 0.15) is 0 Å². The molecule has 2 aliphatic rings. The Morgan fingerprint density at radius 1 is 0.418 bits per heavy atom. The second-order valence-corrected chi connectivity index (χ2v) is 18.3. The molecule has 1 N–H and O–H groups in total. The maximum absolute atomic E-state index is 4.58. The van der Waals surface area contributed by atoms with Crippen LogP contribution < -0.4 is 0 Å². The number of hydrogen-bond acceptors (Lipinski definition) is 2. The van der Waals surface area contributed by atoms with Crippen molar-refractivity contribution in [2.24, 2.45) is 5.41 Å². The Kier molecular flexibility index (Phi) is 209. The van der Waals surface area contributed by atoms with E-state index >= 15 is 0 Å². The number of H-pyrrole nitrogens is 1. The molecule has 0 amide bonds. The van der Waals surface area contributed by atoms with Crippen molar-refractivity contribution in [3.05, 3.63) is 162 Å². The van der Waals surface area contributed by atoms with E-state index in [-0.39, 0.29) is 20.4 Å². The molecule has 67 heavy (non-hydrogen) atoms. The van der Waals surface area contributed by atoms with Crippen molar-refractivity contribution in [1.29, 1.82) is 0 Å². The van der Waals surface area contributed by atoms with Gasteiger partial charge in [0.05, 0.1) is 20.6 Å². The minimum Gasteiger partial charge on any atom is -0.473 e. The summed E-state index contributed by atoms with van der Waals surface area (Å²) >= 11 is 2.66. The predicted octanol–water partition coefficient (Wildman–Crippen LogP) is 23.9. The number of rotatable bonds is 0. The van der Waals surface area contributed by atoms with Gasteiger partial charge in [-0.15, -0.1) is 0 Å². The smallest absolute Gasteiger partial charge is 0.0902 e. The average Bonchev–Trinajstić information content (AvgIpc) is 4.29. The molecular weight excluding hydrogens is 1030 g/mol. The van der Waals surface area contributed by atoms with Crippen LogP contribution in [0.5, 0.6) is 0 Å². The molecule has 6 heteroatoms. The first kappa shape index (κ1) is 102. The van der Waals surface area contributed by atoms with E-state index in [1.54, 1.807) is 23.9 Å². The fourth-order valence-corrected chi connectivity index (χ4v) is 6.54. The van der Waals surface area contributed by atoms with E-state index in [0.29, 0.717) is 19.9 Å². The van der Waals surface area contributed by atoms with Crippen LogP contribution in [0, 0.1) is 5.41 Å². The molecule has 0 saturated heterocycles. The normalized spacial score (nSPS) is 9.19. The Bertz CT molecular complexity index is 894. The first-order chi connectivity index (χ1) is 32.9. The van der Waals surface area contributed by atoms with Gasteiger partial charge in [-0.3, -0.25) is 0 Å². The fourth-order valence-electron chi connectivity index (χ4n) is 2.51. The summed E-state index contributed by atoms with van der Waals surface area (Å²) in [6, 6.07) is 20.0.